The van der Waals surface area contributed by atoms with Crippen LogP contribution in [0.3, 0.4) is 0 Å². The Bertz CT molecular complexity index is 990. The first-order valence-electron chi connectivity index (χ1n) is 9.40. The van der Waals surface area contributed by atoms with Crippen LogP contribution in [0.1, 0.15) is 44.4 Å². The first-order chi connectivity index (χ1) is 13.3. The van der Waals surface area contributed by atoms with Crippen LogP contribution in [-0.4, -0.2) is 25.7 Å². The van der Waals surface area contributed by atoms with Crippen molar-refractivity contribution in [3.05, 3.63) is 47.5 Å². The lowest BCUT2D eigenvalue weighted by Crippen LogP contribution is -2.32. The van der Waals surface area contributed by atoms with E-state index in [1.165, 1.54) is 7.11 Å². The third-order valence-electron chi connectivity index (χ3n) is 5.32. The van der Waals surface area contributed by atoms with E-state index in [1.807, 2.05) is 18.2 Å². The fraction of sp³-hybridized carbons (Fsp3) is 0.348. The van der Waals surface area contributed by atoms with Gasteiger partial charge in [0.25, 0.3) is 0 Å². The molecule has 2 aromatic carbocycles. The fourth-order valence-electron chi connectivity index (χ4n) is 4.33. The van der Waals surface area contributed by atoms with E-state index in [-0.39, 0.29) is 17.9 Å². The number of methoxy groups -OCH3 is 2. The Morgan fingerprint density at radius 2 is 1.96 bits per heavy atom. The van der Waals surface area contributed by atoms with Gasteiger partial charge in [-0.1, -0.05) is 18.2 Å². The van der Waals surface area contributed by atoms with Crippen LogP contribution in [0.4, 0.5) is 5.69 Å². The largest absolute Gasteiger partial charge is 0.496 e. The topological polar surface area (TPSA) is 56.8 Å². The number of hydrogen-bond donors (Lipinski definition) is 1. The van der Waals surface area contributed by atoms with Crippen molar-refractivity contribution in [2.24, 2.45) is 0 Å². The summed E-state index contributed by atoms with van der Waals surface area (Å²) in [5.74, 6) is 1.16. The van der Waals surface area contributed by atoms with Crippen LogP contribution in [0, 0.1) is 0 Å². The van der Waals surface area contributed by atoms with E-state index in [0.29, 0.717) is 5.75 Å². The number of carbonyl (C=O) groups excluding carboxylic acids is 1. The summed E-state index contributed by atoms with van der Waals surface area (Å²) in [6, 6.07) is 9.92. The Morgan fingerprint density at radius 1 is 1.18 bits per heavy atom. The normalized spacial score (nSPS) is 18.5. The van der Waals surface area contributed by atoms with Gasteiger partial charge in [0.2, 0.25) is 0 Å². The Morgan fingerprint density at radius 3 is 2.68 bits per heavy atom. The molecule has 2 aliphatic heterocycles. The molecule has 2 aliphatic rings. The van der Waals surface area contributed by atoms with Gasteiger partial charge in [-0.25, -0.2) is 0 Å². The zero-order valence-electron chi connectivity index (χ0n) is 16.9. The van der Waals surface area contributed by atoms with E-state index in [4.69, 9.17) is 14.2 Å². The Labute approximate surface area is 165 Å². The molecule has 0 bridgehead atoms. The average molecular weight is 379 g/mol. The molecule has 0 saturated heterocycles. The second kappa shape index (κ2) is 6.59. The second-order valence-corrected chi connectivity index (χ2v) is 7.84. The Kier molecular flexibility index (Phi) is 4.33. The number of allylic oxidation sites excluding steroid dienone is 1. The van der Waals surface area contributed by atoms with E-state index in [0.717, 1.165) is 39.3 Å². The monoisotopic (exact) mass is 379 g/mol. The maximum atomic E-state index is 12.1. The van der Waals surface area contributed by atoms with Gasteiger partial charge < -0.3 is 19.5 Å². The molecule has 2 heterocycles. The van der Waals surface area contributed by atoms with Crippen molar-refractivity contribution in [1.29, 1.82) is 0 Å². The molecule has 0 saturated carbocycles. The first kappa shape index (κ1) is 18.4. The summed E-state index contributed by atoms with van der Waals surface area (Å²) >= 11 is 0. The fourth-order valence-corrected chi connectivity index (χ4v) is 4.33. The van der Waals surface area contributed by atoms with Crippen LogP contribution < -0.4 is 14.8 Å². The number of fused-ring (bicyclic) bond motifs is 5. The summed E-state index contributed by atoms with van der Waals surface area (Å²) in [5, 5.41) is 3.58. The molecule has 2 aromatic rings. The number of benzene rings is 2. The highest BCUT2D eigenvalue weighted by atomic mass is 16.5. The van der Waals surface area contributed by atoms with Gasteiger partial charge in [0.15, 0.2) is 0 Å². The summed E-state index contributed by atoms with van der Waals surface area (Å²) in [7, 11) is 3.06. The minimum Gasteiger partial charge on any atom is -0.496 e. The zero-order chi connectivity index (χ0) is 20.1. The van der Waals surface area contributed by atoms with Crippen molar-refractivity contribution >= 4 is 17.2 Å². The van der Waals surface area contributed by atoms with Gasteiger partial charge in [0.05, 0.1) is 31.7 Å². The number of esters is 1. The number of rotatable bonds is 3. The molecule has 0 aliphatic carbocycles. The highest BCUT2D eigenvalue weighted by Crippen LogP contribution is 2.52. The third kappa shape index (κ3) is 2.91. The highest BCUT2D eigenvalue weighted by Gasteiger charge is 2.35. The van der Waals surface area contributed by atoms with Crippen LogP contribution in [0.25, 0.3) is 16.7 Å². The average Bonchev–Trinajstić information content (AvgIpc) is 2.65. The van der Waals surface area contributed by atoms with E-state index in [1.54, 1.807) is 7.11 Å². The molecule has 4 rings (SSSR count). The molecule has 0 radical (unpaired) electrons. The SMILES string of the molecule is COC(=O)CC1Oc2cccc(OC)c2-c2ccc3c(c21)C(C)=CC(C)(C)N3. The van der Waals surface area contributed by atoms with Crippen molar-refractivity contribution in [3.63, 3.8) is 0 Å². The van der Waals surface area contributed by atoms with E-state index in [9.17, 15) is 4.79 Å². The molecule has 1 N–H and O–H groups in total. The number of ether oxygens (including phenoxy) is 3. The number of carbonyl (C=O) groups is 1. The molecule has 0 spiro atoms. The van der Waals surface area contributed by atoms with Crippen LogP contribution in [0.5, 0.6) is 11.5 Å². The molecular weight excluding hydrogens is 354 g/mol. The molecule has 5 nitrogen and oxygen atoms in total. The smallest absolute Gasteiger partial charge is 0.309 e. The Hall–Kier alpha value is -2.95. The molecule has 0 fully saturated rings. The summed E-state index contributed by atoms with van der Waals surface area (Å²) in [6.45, 7) is 6.38. The van der Waals surface area contributed by atoms with Crippen molar-refractivity contribution in [2.75, 3.05) is 19.5 Å². The molecule has 28 heavy (non-hydrogen) atoms. The molecule has 1 atom stereocenters. The van der Waals surface area contributed by atoms with Crippen LogP contribution >= 0.6 is 0 Å². The summed E-state index contributed by atoms with van der Waals surface area (Å²) in [5.41, 5.74) is 6.09. The predicted molar refractivity (Wildman–Crippen MR) is 110 cm³/mol. The molecule has 5 heteroatoms. The van der Waals surface area contributed by atoms with Gasteiger partial charge in [-0.3, -0.25) is 4.79 Å². The maximum Gasteiger partial charge on any atom is 0.309 e. The standard InChI is InChI=1S/C23H25NO4/c1-13-12-23(2,3)24-15-10-9-14-21-16(26-4)7-6-8-17(21)28-18(11-19(25)27-5)22(14)20(13)15/h6-10,12,18,24H,11H2,1-5H3. The van der Waals surface area contributed by atoms with Crippen molar-refractivity contribution in [1.82, 2.24) is 0 Å². The first-order valence-corrected chi connectivity index (χ1v) is 9.40. The minimum absolute atomic E-state index is 0.145. The van der Waals surface area contributed by atoms with Gasteiger partial charge in [-0.15, -0.1) is 0 Å². The third-order valence-corrected chi connectivity index (χ3v) is 5.32. The zero-order valence-corrected chi connectivity index (χ0v) is 16.9. The van der Waals surface area contributed by atoms with Gasteiger partial charge in [0, 0.05) is 16.8 Å². The molecular formula is C23H25NO4. The van der Waals surface area contributed by atoms with Crippen molar-refractivity contribution < 1.29 is 19.0 Å². The summed E-state index contributed by atoms with van der Waals surface area (Å²) in [6.07, 6.45) is 1.93. The van der Waals surface area contributed by atoms with E-state index >= 15 is 0 Å². The lowest BCUT2D eigenvalue weighted by atomic mass is 9.81. The number of anilines is 1. The summed E-state index contributed by atoms with van der Waals surface area (Å²) < 4.78 is 16.8. The molecule has 0 amide bonds. The molecule has 146 valence electrons. The second-order valence-electron chi connectivity index (χ2n) is 7.84. The van der Waals surface area contributed by atoms with Crippen LogP contribution in [0.2, 0.25) is 0 Å². The van der Waals surface area contributed by atoms with E-state index in [2.05, 4.69) is 44.3 Å². The summed E-state index contributed by atoms with van der Waals surface area (Å²) in [4.78, 5) is 12.1. The van der Waals surface area contributed by atoms with Gasteiger partial charge in [0.1, 0.15) is 17.6 Å². The lowest BCUT2D eigenvalue weighted by Gasteiger charge is -2.37. The lowest BCUT2D eigenvalue weighted by molar-refractivity contribution is -0.142. The predicted octanol–water partition coefficient (Wildman–Crippen LogP) is 4.97. The van der Waals surface area contributed by atoms with Gasteiger partial charge in [-0.05, 0) is 50.1 Å². The maximum absolute atomic E-state index is 12.1. The minimum atomic E-state index is -0.427. The van der Waals surface area contributed by atoms with Crippen LogP contribution in [0.15, 0.2) is 36.4 Å². The van der Waals surface area contributed by atoms with Crippen LogP contribution in [-0.2, 0) is 9.53 Å². The van der Waals surface area contributed by atoms with Crippen molar-refractivity contribution in [2.45, 2.75) is 38.8 Å². The van der Waals surface area contributed by atoms with Gasteiger partial charge >= 0.3 is 5.97 Å². The molecule has 0 aromatic heterocycles. The highest BCUT2D eigenvalue weighted by molar-refractivity contribution is 5.92. The van der Waals surface area contributed by atoms with Crippen molar-refractivity contribution in [3.8, 4) is 22.6 Å². The quantitative estimate of drug-likeness (QED) is 0.764. The van der Waals surface area contributed by atoms with E-state index < -0.39 is 6.10 Å². The number of hydrogen-bond acceptors (Lipinski definition) is 5. The number of nitrogens with one attached hydrogen (secondary N) is 1. The van der Waals surface area contributed by atoms with Gasteiger partial charge in [-0.2, -0.15) is 0 Å². The molecule has 1 unspecified atom stereocenters. The Balaban J connectivity index is 1.99.